The Balaban J connectivity index is 2.59. The Morgan fingerprint density at radius 2 is 2.00 bits per heavy atom. The van der Waals surface area contributed by atoms with Crippen LogP contribution in [0.1, 0.15) is 35.2 Å². The number of rotatable bonds is 4. The molecule has 5 nitrogen and oxygen atoms in total. The van der Waals surface area contributed by atoms with E-state index in [1.165, 1.54) is 14.0 Å². The van der Waals surface area contributed by atoms with E-state index in [2.05, 4.69) is 4.90 Å². The smallest absolute Gasteiger partial charge is 0.167 e. The third-order valence-electron chi connectivity index (χ3n) is 3.86. The Labute approximate surface area is 119 Å². The molecule has 1 saturated heterocycles. The lowest BCUT2D eigenvalue weighted by atomic mass is 9.92. The van der Waals surface area contributed by atoms with Crippen molar-refractivity contribution in [1.29, 1.82) is 0 Å². The number of phenols is 1. The van der Waals surface area contributed by atoms with Crippen LogP contribution in [0.5, 0.6) is 17.2 Å². The lowest BCUT2D eigenvalue weighted by Gasteiger charge is -2.20. The number of hydrogen-bond donors (Lipinski definition) is 1. The maximum absolute atomic E-state index is 11.8. The van der Waals surface area contributed by atoms with Gasteiger partial charge in [0.15, 0.2) is 5.78 Å². The van der Waals surface area contributed by atoms with Gasteiger partial charge in [-0.25, -0.2) is 0 Å². The van der Waals surface area contributed by atoms with Gasteiger partial charge in [0.25, 0.3) is 0 Å². The molecule has 0 aromatic heterocycles. The number of nitrogens with zero attached hydrogens (tertiary/aromatic N) is 1. The van der Waals surface area contributed by atoms with Crippen LogP contribution in [0.15, 0.2) is 6.07 Å². The number of benzene rings is 1. The first-order valence-electron chi connectivity index (χ1n) is 6.66. The number of carbonyl (C=O) groups excluding carboxylic acids is 1. The monoisotopic (exact) mass is 279 g/mol. The number of phenolic OH excluding ortho intramolecular Hbond substituents is 1. The molecule has 0 bridgehead atoms. The summed E-state index contributed by atoms with van der Waals surface area (Å²) in [6.45, 7) is 3.23. The second-order valence-electron chi connectivity index (χ2n) is 5.22. The van der Waals surface area contributed by atoms with Crippen molar-refractivity contribution in [1.82, 2.24) is 4.90 Å². The maximum Gasteiger partial charge on any atom is 0.167 e. The Kier molecular flexibility index (Phi) is 4.18. The molecule has 0 amide bonds. The number of ketones is 1. The number of likely N-dealkylation sites (N-methyl/N-ethyl adjacent to an activating group) is 1. The van der Waals surface area contributed by atoms with E-state index in [0.717, 1.165) is 19.5 Å². The molecular weight excluding hydrogens is 258 g/mol. The molecule has 1 fully saturated rings. The fraction of sp³-hybridized carbons (Fsp3) is 0.533. The van der Waals surface area contributed by atoms with Crippen molar-refractivity contribution < 1.29 is 19.4 Å². The van der Waals surface area contributed by atoms with Crippen molar-refractivity contribution in [3.8, 4) is 17.2 Å². The van der Waals surface area contributed by atoms with Gasteiger partial charge in [-0.1, -0.05) is 0 Å². The fourth-order valence-electron chi connectivity index (χ4n) is 2.87. The second-order valence-corrected chi connectivity index (χ2v) is 5.22. The highest BCUT2D eigenvalue weighted by molar-refractivity contribution is 6.00. The van der Waals surface area contributed by atoms with Gasteiger partial charge in [0.05, 0.1) is 14.2 Å². The van der Waals surface area contributed by atoms with E-state index in [9.17, 15) is 9.90 Å². The molecule has 5 heteroatoms. The van der Waals surface area contributed by atoms with Crippen molar-refractivity contribution in [3.63, 3.8) is 0 Å². The predicted molar refractivity (Wildman–Crippen MR) is 76.1 cm³/mol. The molecule has 2 rings (SSSR count). The topological polar surface area (TPSA) is 59.0 Å². The number of likely N-dealkylation sites (tertiary alicyclic amines) is 1. The molecule has 1 atom stereocenters. The summed E-state index contributed by atoms with van der Waals surface area (Å²) < 4.78 is 10.6. The average Bonchev–Trinajstić information content (AvgIpc) is 2.82. The van der Waals surface area contributed by atoms with Crippen LogP contribution in [0, 0.1) is 0 Å². The molecule has 0 aliphatic carbocycles. The fourth-order valence-corrected chi connectivity index (χ4v) is 2.87. The van der Waals surface area contributed by atoms with Gasteiger partial charge >= 0.3 is 0 Å². The Morgan fingerprint density at radius 3 is 2.45 bits per heavy atom. The number of hydrogen-bond acceptors (Lipinski definition) is 5. The third-order valence-corrected chi connectivity index (χ3v) is 3.86. The van der Waals surface area contributed by atoms with E-state index < -0.39 is 0 Å². The zero-order valence-electron chi connectivity index (χ0n) is 12.4. The normalized spacial score (nSPS) is 19.1. The summed E-state index contributed by atoms with van der Waals surface area (Å²) in [6, 6.07) is 1.68. The minimum Gasteiger partial charge on any atom is -0.507 e. The van der Waals surface area contributed by atoms with Crippen molar-refractivity contribution in [3.05, 3.63) is 17.2 Å². The van der Waals surface area contributed by atoms with Crippen molar-refractivity contribution >= 4 is 5.78 Å². The molecule has 110 valence electrons. The Bertz CT molecular complexity index is 527. The van der Waals surface area contributed by atoms with Crippen LogP contribution in [0.3, 0.4) is 0 Å². The number of ether oxygens (including phenoxy) is 2. The number of aromatic hydroxyl groups is 1. The van der Waals surface area contributed by atoms with Crippen LogP contribution in [0.4, 0.5) is 0 Å². The van der Waals surface area contributed by atoms with E-state index in [1.807, 2.05) is 7.05 Å². The van der Waals surface area contributed by atoms with E-state index in [4.69, 9.17) is 9.47 Å². The molecule has 1 aromatic carbocycles. The highest BCUT2D eigenvalue weighted by Gasteiger charge is 2.30. The SMILES string of the molecule is COc1cc(OC)c(C2CCN(C)C2)c(O)c1C(C)=O. The third kappa shape index (κ3) is 2.45. The van der Waals surface area contributed by atoms with Gasteiger partial charge < -0.3 is 19.5 Å². The average molecular weight is 279 g/mol. The van der Waals surface area contributed by atoms with Crippen LogP contribution >= 0.6 is 0 Å². The molecule has 1 unspecified atom stereocenters. The minimum absolute atomic E-state index is 0.00556. The zero-order valence-corrected chi connectivity index (χ0v) is 12.4. The maximum atomic E-state index is 11.8. The van der Waals surface area contributed by atoms with Gasteiger partial charge in [0.1, 0.15) is 22.8 Å². The molecule has 1 aliphatic heterocycles. The largest absolute Gasteiger partial charge is 0.507 e. The van der Waals surface area contributed by atoms with E-state index >= 15 is 0 Å². The lowest BCUT2D eigenvalue weighted by molar-refractivity contribution is 0.101. The summed E-state index contributed by atoms with van der Waals surface area (Å²) in [5.74, 6) is 0.870. The highest BCUT2D eigenvalue weighted by Crippen LogP contribution is 2.45. The van der Waals surface area contributed by atoms with E-state index in [-0.39, 0.29) is 23.0 Å². The summed E-state index contributed by atoms with van der Waals surface area (Å²) in [5, 5.41) is 10.5. The number of methoxy groups -OCH3 is 2. The van der Waals surface area contributed by atoms with Gasteiger partial charge in [-0.3, -0.25) is 4.79 Å². The molecular formula is C15H21NO4. The molecule has 1 N–H and O–H groups in total. The van der Waals surface area contributed by atoms with E-state index in [1.54, 1.807) is 13.2 Å². The summed E-state index contributed by atoms with van der Waals surface area (Å²) in [6.07, 6.45) is 0.935. The molecule has 0 spiro atoms. The number of Topliss-reactive ketones (excluding diaryl/α,β-unsaturated/α-hetero) is 1. The Hall–Kier alpha value is -1.75. The van der Waals surface area contributed by atoms with Gasteiger partial charge in [0, 0.05) is 24.1 Å². The highest BCUT2D eigenvalue weighted by atomic mass is 16.5. The van der Waals surface area contributed by atoms with Gasteiger partial charge in [-0.05, 0) is 26.9 Å². The minimum atomic E-state index is -0.213. The molecule has 1 heterocycles. The quantitative estimate of drug-likeness (QED) is 0.855. The first kappa shape index (κ1) is 14.7. The van der Waals surface area contributed by atoms with Gasteiger partial charge in [0.2, 0.25) is 0 Å². The first-order chi connectivity index (χ1) is 9.49. The summed E-state index contributed by atoms with van der Waals surface area (Å²) in [5.41, 5.74) is 0.945. The summed E-state index contributed by atoms with van der Waals surface area (Å²) in [4.78, 5) is 14.0. The molecule has 1 aromatic rings. The second kappa shape index (κ2) is 5.71. The van der Waals surface area contributed by atoms with Crippen molar-refractivity contribution in [2.75, 3.05) is 34.4 Å². The first-order valence-corrected chi connectivity index (χ1v) is 6.66. The van der Waals surface area contributed by atoms with Crippen LogP contribution in [0.2, 0.25) is 0 Å². The van der Waals surface area contributed by atoms with Crippen molar-refractivity contribution in [2.45, 2.75) is 19.3 Å². The summed E-state index contributed by atoms with van der Waals surface area (Å²) in [7, 11) is 5.08. The van der Waals surface area contributed by atoms with Gasteiger partial charge in [-0.15, -0.1) is 0 Å². The van der Waals surface area contributed by atoms with E-state index in [0.29, 0.717) is 17.1 Å². The van der Waals surface area contributed by atoms with Crippen LogP contribution in [-0.4, -0.2) is 50.1 Å². The number of carbonyl (C=O) groups is 1. The Morgan fingerprint density at radius 1 is 1.35 bits per heavy atom. The molecule has 0 radical (unpaired) electrons. The molecule has 20 heavy (non-hydrogen) atoms. The summed E-state index contributed by atoms with van der Waals surface area (Å²) >= 11 is 0. The molecule has 1 aliphatic rings. The standard InChI is InChI=1S/C15H21NO4/c1-9(17)13-11(19-3)7-12(20-4)14(15(13)18)10-5-6-16(2)8-10/h7,10,18H,5-6,8H2,1-4H3. The van der Waals surface area contributed by atoms with Crippen LogP contribution in [-0.2, 0) is 0 Å². The lowest BCUT2D eigenvalue weighted by Crippen LogP contribution is -2.14. The van der Waals surface area contributed by atoms with Gasteiger partial charge in [-0.2, -0.15) is 0 Å². The molecule has 0 saturated carbocycles. The van der Waals surface area contributed by atoms with Crippen LogP contribution in [0.25, 0.3) is 0 Å². The van der Waals surface area contributed by atoms with Crippen molar-refractivity contribution in [2.24, 2.45) is 0 Å². The van der Waals surface area contributed by atoms with Crippen LogP contribution < -0.4 is 9.47 Å². The zero-order chi connectivity index (χ0) is 14.9. The predicted octanol–water partition coefficient (Wildman–Crippen LogP) is 2.03.